The molecule has 2 aromatic heterocycles. The van der Waals surface area contributed by atoms with E-state index in [1.54, 1.807) is 0 Å². The summed E-state index contributed by atoms with van der Waals surface area (Å²) in [6.45, 7) is 4.86. The summed E-state index contributed by atoms with van der Waals surface area (Å²) in [5.41, 5.74) is 0.634. The van der Waals surface area contributed by atoms with E-state index in [9.17, 15) is 13.8 Å². The van der Waals surface area contributed by atoms with Gasteiger partial charge < -0.3 is 19.4 Å². The van der Waals surface area contributed by atoms with Crippen LogP contribution >= 0.6 is 0 Å². The first-order chi connectivity index (χ1) is 12.5. The number of aromatic amines is 2. The van der Waals surface area contributed by atoms with Gasteiger partial charge in [-0.2, -0.15) is 0 Å². The quantitative estimate of drug-likeness (QED) is 0.657. The van der Waals surface area contributed by atoms with Crippen molar-refractivity contribution in [3.63, 3.8) is 0 Å². The Morgan fingerprint density at radius 3 is 1.62 bits per heavy atom. The minimum Gasteiger partial charge on any atom is -0.488 e. The molecule has 0 unspecified atom stereocenters. The molecule has 0 radical (unpaired) electrons. The third-order valence-corrected chi connectivity index (χ3v) is 4.70. The number of nitrogens with one attached hydrogen (secondary N) is 2. The Morgan fingerprint density at radius 2 is 1.27 bits per heavy atom. The van der Waals surface area contributed by atoms with Gasteiger partial charge in [0.15, 0.2) is 11.5 Å². The molecule has 0 atom stereocenters. The van der Waals surface area contributed by atoms with Crippen LogP contribution in [0.4, 0.5) is 0 Å². The van der Waals surface area contributed by atoms with Crippen molar-refractivity contribution in [2.24, 2.45) is 0 Å². The molecule has 0 fully saturated rings. The minimum atomic E-state index is -1.28. The van der Waals surface area contributed by atoms with Crippen LogP contribution in [0.1, 0.15) is 38.1 Å². The summed E-state index contributed by atoms with van der Waals surface area (Å²) >= 11 is 0. The highest BCUT2D eigenvalue weighted by Gasteiger charge is 2.09. The number of aromatic nitrogens is 2. The Labute approximate surface area is 154 Å². The van der Waals surface area contributed by atoms with Gasteiger partial charge in [0.2, 0.25) is 10.9 Å². The van der Waals surface area contributed by atoms with Crippen molar-refractivity contribution >= 4 is 10.8 Å². The molecule has 0 bridgehead atoms. The molecule has 2 heterocycles. The van der Waals surface area contributed by atoms with Crippen molar-refractivity contribution in [1.82, 2.24) is 9.97 Å². The Hall–Kier alpha value is -2.35. The van der Waals surface area contributed by atoms with Gasteiger partial charge in [0, 0.05) is 46.7 Å². The predicted octanol–water partition coefficient (Wildman–Crippen LogP) is 2.09. The fourth-order valence-electron chi connectivity index (χ4n) is 2.22. The van der Waals surface area contributed by atoms with Crippen LogP contribution < -0.4 is 20.3 Å². The molecular weight excluding hydrogens is 356 g/mol. The van der Waals surface area contributed by atoms with Gasteiger partial charge in [0.25, 0.3) is 0 Å². The monoisotopic (exact) mass is 380 g/mol. The van der Waals surface area contributed by atoms with E-state index in [0.29, 0.717) is 24.6 Å². The van der Waals surface area contributed by atoms with Crippen LogP contribution in [0.5, 0.6) is 11.5 Å². The van der Waals surface area contributed by atoms with Crippen molar-refractivity contribution in [3.05, 3.63) is 56.4 Å². The maximum Gasteiger partial charge on any atom is 0.223 e. The van der Waals surface area contributed by atoms with Crippen LogP contribution in [-0.2, 0) is 22.3 Å². The van der Waals surface area contributed by atoms with Crippen LogP contribution in [0.25, 0.3) is 0 Å². The molecule has 0 saturated carbocycles. The number of hydrogen-bond acceptors (Lipinski definition) is 5. The maximum atomic E-state index is 12.3. The van der Waals surface area contributed by atoms with Gasteiger partial charge in [-0.05, 0) is 12.8 Å². The summed E-state index contributed by atoms with van der Waals surface area (Å²) in [5, 5.41) is 0. The van der Waals surface area contributed by atoms with Gasteiger partial charge in [-0.1, -0.05) is 13.8 Å². The van der Waals surface area contributed by atoms with E-state index in [4.69, 9.17) is 9.47 Å². The lowest BCUT2D eigenvalue weighted by Gasteiger charge is -2.07. The van der Waals surface area contributed by atoms with Crippen molar-refractivity contribution in [2.45, 2.75) is 38.2 Å². The summed E-state index contributed by atoms with van der Waals surface area (Å²) < 4.78 is 23.0. The van der Waals surface area contributed by atoms with Crippen LogP contribution in [0.3, 0.4) is 0 Å². The molecular formula is C18H24N2O5S. The zero-order chi connectivity index (χ0) is 18.9. The average molecular weight is 380 g/mol. The summed E-state index contributed by atoms with van der Waals surface area (Å²) in [7, 11) is -1.28. The largest absolute Gasteiger partial charge is 0.488 e. The summed E-state index contributed by atoms with van der Waals surface area (Å²) in [6.07, 6.45) is 4.61. The van der Waals surface area contributed by atoms with E-state index in [0.717, 1.165) is 12.8 Å². The molecule has 0 aliphatic rings. The lowest BCUT2D eigenvalue weighted by molar-refractivity contribution is 0.313. The van der Waals surface area contributed by atoms with Gasteiger partial charge >= 0.3 is 0 Å². The van der Waals surface area contributed by atoms with Crippen molar-refractivity contribution < 1.29 is 13.7 Å². The van der Waals surface area contributed by atoms with Gasteiger partial charge in [-0.3, -0.25) is 13.8 Å². The molecule has 26 heavy (non-hydrogen) atoms. The third-order valence-electron chi connectivity index (χ3n) is 3.43. The Morgan fingerprint density at radius 1 is 0.846 bits per heavy atom. The molecule has 7 nitrogen and oxygen atoms in total. The van der Waals surface area contributed by atoms with E-state index in [1.807, 2.05) is 13.8 Å². The Kier molecular flexibility index (Phi) is 7.65. The summed E-state index contributed by atoms with van der Waals surface area (Å²) in [4.78, 5) is 29.8. The topological polar surface area (TPSA) is 101 Å². The fourth-order valence-corrected chi connectivity index (χ4v) is 3.34. The minimum absolute atomic E-state index is 0.180. The van der Waals surface area contributed by atoms with E-state index in [-0.39, 0.29) is 33.9 Å². The van der Waals surface area contributed by atoms with Crippen molar-refractivity contribution in [3.8, 4) is 11.5 Å². The molecule has 0 amide bonds. The zero-order valence-electron chi connectivity index (χ0n) is 15.0. The normalized spacial score (nSPS) is 10.9. The van der Waals surface area contributed by atoms with Gasteiger partial charge in [-0.15, -0.1) is 0 Å². The van der Waals surface area contributed by atoms with Gasteiger partial charge in [0.05, 0.1) is 24.7 Å². The van der Waals surface area contributed by atoms with E-state index in [1.165, 1.54) is 24.5 Å². The van der Waals surface area contributed by atoms with Crippen LogP contribution in [0, 0.1) is 0 Å². The first kappa shape index (κ1) is 20.0. The second-order valence-electron chi connectivity index (χ2n) is 5.80. The zero-order valence-corrected chi connectivity index (χ0v) is 15.8. The molecule has 0 aliphatic heterocycles. The summed E-state index contributed by atoms with van der Waals surface area (Å²) in [5.74, 6) is 0.875. The van der Waals surface area contributed by atoms with Gasteiger partial charge in [-0.25, -0.2) is 0 Å². The van der Waals surface area contributed by atoms with E-state index in [2.05, 4.69) is 9.97 Å². The first-order valence-corrected chi connectivity index (χ1v) is 10.1. The molecule has 0 aromatic carbocycles. The van der Waals surface area contributed by atoms with Crippen molar-refractivity contribution in [2.75, 3.05) is 13.2 Å². The van der Waals surface area contributed by atoms with Crippen LogP contribution in [0.15, 0.2) is 34.1 Å². The lowest BCUT2D eigenvalue weighted by atomic mass is 10.3. The highest BCUT2D eigenvalue weighted by Crippen LogP contribution is 2.09. The molecule has 142 valence electrons. The van der Waals surface area contributed by atoms with E-state index >= 15 is 0 Å². The van der Waals surface area contributed by atoms with Crippen LogP contribution in [0.2, 0.25) is 0 Å². The summed E-state index contributed by atoms with van der Waals surface area (Å²) in [6, 6.07) is 2.79. The van der Waals surface area contributed by atoms with E-state index < -0.39 is 10.8 Å². The van der Waals surface area contributed by atoms with Crippen LogP contribution in [-0.4, -0.2) is 27.4 Å². The Balaban J connectivity index is 1.98. The average Bonchev–Trinajstić information content (AvgIpc) is 2.60. The standard InChI is InChI=1S/C18H24N2O5S/c1-3-5-24-17-9-19-13(7-15(17)21)11-26(23)12-14-8-16(22)18(10-20-14)25-6-4-2/h7-10H,3-6,11-12H2,1-2H3,(H,19,21)(H,20,22). The first-order valence-electron chi connectivity index (χ1n) is 8.57. The molecule has 0 aliphatic carbocycles. The Bertz CT molecular complexity index is 790. The highest BCUT2D eigenvalue weighted by atomic mass is 32.2. The maximum absolute atomic E-state index is 12.3. The number of ether oxygens (including phenoxy) is 2. The highest BCUT2D eigenvalue weighted by molar-refractivity contribution is 7.83. The fraction of sp³-hybridized carbons (Fsp3) is 0.444. The molecule has 0 spiro atoms. The number of hydrogen-bond donors (Lipinski definition) is 2. The number of H-pyrrole nitrogens is 2. The molecule has 2 aromatic rings. The lowest BCUT2D eigenvalue weighted by Crippen LogP contribution is -2.13. The number of pyridine rings is 2. The molecule has 2 N–H and O–H groups in total. The third kappa shape index (κ3) is 5.87. The molecule has 0 saturated heterocycles. The SMILES string of the molecule is CCCOc1c[nH]c(CS(=O)Cc2cc(=O)c(OCCC)c[nH]2)cc1=O. The smallest absolute Gasteiger partial charge is 0.223 e. The molecule has 8 heteroatoms. The van der Waals surface area contributed by atoms with Crippen molar-refractivity contribution in [1.29, 1.82) is 0 Å². The van der Waals surface area contributed by atoms with Gasteiger partial charge in [0.1, 0.15) is 0 Å². The second-order valence-corrected chi connectivity index (χ2v) is 7.26. The predicted molar refractivity (Wildman–Crippen MR) is 101 cm³/mol. The molecule has 2 rings (SSSR count). The second kappa shape index (κ2) is 9.96. The number of rotatable bonds is 10.